The van der Waals surface area contributed by atoms with Crippen molar-refractivity contribution in [1.29, 1.82) is 0 Å². The second kappa shape index (κ2) is 5.91. The van der Waals surface area contributed by atoms with E-state index in [0.29, 0.717) is 6.04 Å². The van der Waals surface area contributed by atoms with Gasteiger partial charge in [0, 0.05) is 22.8 Å². The van der Waals surface area contributed by atoms with Gasteiger partial charge in [-0.1, -0.05) is 23.4 Å². The molecule has 1 aliphatic rings. The quantitative estimate of drug-likeness (QED) is 0.908. The Bertz CT molecular complexity index is 447. The molecule has 2 aromatic rings. The standard InChI is InChI=1S/C13H17N3S2/c1-2-5-10(4-1)13(12-6-3-7-17-12)14-8-11-9-18-16-15-11/h3,6-7,9-10,13-14H,1-2,4-5,8H2. The highest BCUT2D eigenvalue weighted by molar-refractivity contribution is 7.10. The Kier molecular flexibility index (Phi) is 4.02. The lowest BCUT2D eigenvalue weighted by atomic mass is 9.96. The lowest BCUT2D eigenvalue weighted by molar-refractivity contribution is 0.369. The van der Waals surface area contributed by atoms with Crippen LogP contribution in [0.25, 0.3) is 0 Å². The molecule has 0 aliphatic heterocycles. The van der Waals surface area contributed by atoms with E-state index in [-0.39, 0.29) is 0 Å². The zero-order valence-electron chi connectivity index (χ0n) is 10.2. The average Bonchev–Trinajstić information content (AvgIpc) is 3.14. The summed E-state index contributed by atoms with van der Waals surface area (Å²) in [5.74, 6) is 0.787. The molecular formula is C13H17N3S2. The van der Waals surface area contributed by atoms with Crippen molar-refractivity contribution in [3.05, 3.63) is 33.5 Å². The predicted octanol–water partition coefficient (Wildman–Crippen LogP) is 3.62. The van der Waals surface area contributed by atoms with Crippen molar-refractivity contribution >= 4 is 22.9 Å². The molecule has 18 heavy (non-hydrogen) atoms. The number of thiophene rings is 1. The van der Waals surface area contributed by atoms with Gasteiger partial charge in [0.05, 0.1) is 5.69 Å². The Balaban J connectivity index is 1.69. The van der Waals surface area contributed by atoms with Crippen molar-refractivity contribution in [2.75, 3.05) is 0 Å². The highest BCUT2D eigenvalue weighted by Crippen LogP contribution is 2.37. The Hall–Kier alpha value is -0.780. The first-order chi connectivity index (χ1) is 8.93. The summed E-state index contributed by atoms with van der Waals surface area (Å²) >= 11 is 3.28. The summed E-state index contributed by atoms with van der Waals surface area (Å²) in [7, 11) is 0. The van der Waals surface area contributed by atoms with Crippen LogP contribution in [0.5, 0.6) is 0 Å². The molecular weight excluding hydrogens is 262 g/mol. The smallest absolute Gasteiger partial charge is 0.0893 e. The van der Waals surface area contributed by atoms with Gasteiger partial charge in [-0.05, 0) is 41.7 Å². The maximum Gasteiger partial charge on any atom is 0.0893 e. The van der Waals surface area contributed by atoms with Gasteiger partial charge in [-0.15, -0.1) is 16.4 Å². The minimum absolute atomic E-state index is 0.495. The molecule has 1 atom stereocenters. The van der Waals surface area contributed by atoms with E-state index in [2.05, 4.69) is 32.4 Å². The molecule has 3 nitrogen and oxygen atoms in total. The first-order valence-corrected chi connectivity index (χ1v) is 8.18. The van der Waals surface area contributed by atoms with Gasteiger partial charge in [-0.25, -0.2) is 0 Å². The molecule has 2 aromatic heterocycles. The van der Waals surface area contributed by atoms with Crippen LogP contribution in [0.15, 0.2) is 22.9 Å². The van der Waals surface area contributed by atoms with Gasteiger partial charge in [0.25, 0.3) is 0 Å². The van der Waals surface area contributed by atoms with E-state index < -0.39 is 0 Å². The summed E-state index contributed by atoms with van der Waals surface area (Å²) < 4.78 is 3.91. The van der Waals surface area contributed by atoms with Crippen LogP contribution >= 0.6 is 22.9 Å². The third-order valence-electron chi connectivity index (χ3n) is 3.63. The first-order valence-electron chi connectivity index (χ1n) is 6.46. The second-order valence-electron chi connectivity index (χ2n) is 4.81. The number of hydrogen-bond acceptors (Lipinski definition) is 5. The number of rotatable bonds is 5. The second-order valence-corrected chi connectivity index (χ2v) is 6.40. The molecule has 3 rings (SSSR count). The highest BCUT2D eigenvalue weighted by atomic mass is 32.1. The summed E-state index contributed by atoms with van der Waals surface area (Å²) in [4.78, 5) is 1.46. The Morgan fingerprint density at radius 1 is 1.39 bits per heavy atom. The van der Waals surface area contributed by atoms with E-state index in [9.17, 15) is 0 Å². The summed E-state index contributed by atoms with van der Waals surface area (Å²) in [5, 5.41) is 12.0. The average molecular weight is 279 g/mol. The number of nitrogens with zero attached hydrogens (tertiary/aromatic N) is 2. The normalized spacial score (nSPS) is 18.2. The van der Waals surface area contributed by atoms with E-state index in [4.69, 9.17) is 0 Å². The van der Waals surface area contributed by atoms with Crippen LogP contribution in [0.4, 0.5) is 0 Å². The number of aromatic nitrogens is 2. The molecule has 0 radical (unpaired) electrons. The molecule has 2 heterocycles. The lowest BCUT2D eigenvalue weighted by Crippen LogP contribution is -2.26. The van der Waals surface area contributed by atoms with Gasteiger partial charge >= 0.3 is 0 Å². The van der Waals surface area contributed by atoms with Gasteiger partial charge in [0.2, 0.25) is 0 Å². The third-order valence-corrected chi connectivity index (χ3v) is 5.14. The monoisotopic (exact) mass is 279 g/mol. The third kappa shape index (κ3) is 2.79. The van der Waals surface area contributed by atoms with Crippen molar-refractivity contribution in [3.8, 4) is 0 Å². The lowest BCUT2D eigenvalue weighted by Gasteiger charge is -2.23. The van der Waals surface area contributed by atoms with Crippen LogP contribution in [0.1, 0.15) is 42.3 Å². The first kappa shape index (κ1) is 12.3. The van der Waals surface area contributed by atoms with Gasteiger partial charge in [-0.2, -0.15) is 0 Å². The summed E-state index contributed by atoms with van der Waals surface area (Å²) in [6.07, 6.45) is 5.47. The molecule has 1 saturated carbocycles. The molecule has 0 saturated heterocycles. The molecule has 0 spiro atoms. The van der Waals surface area contributed by atoms with E-state index in [1.807, 2.05) is 16.7 Å². The molecule has 5 heteroatoms. The highest BCUT2D eigenvalue weighted by Gasteiger charge is 2.26. The minimum Gasteiger partial charge on any atom is -0.303 e. The minimum atomic E-state index is 0.495. The Labute approximate surface area is 115 Å². The molecule has 0 amide bonds. The maximum absolute atomic E-state index is 4.11. The van der Waals surface area contributed by atoms with E-state index in [1.165, 1.54) is 42.1 Å². The maximum atomic E-state index is 4.11. The van der Waals surface area contributed by atoms with Gasteiger partial charge < -0.3 is 5.32 Å². The van der Waals surface area contributed by atoms with E-state index in [0.717, 1.165) is 18.2 Å². The van der Waals surface area contributed by atoms with Crippen LogP contribution in [0.2, 0.25) is 0 Å². The van der Waals surface area contributed by atoms with E-state index >= 15 is 0 Å². The van der Waals surface area contributed by atoms with Gasteiger partial charge in [0.15, 0.2) is 0 Å². The van der Waals surface area contributed by atoms with Crippen LogP contribution in [-0.2, 0) is 6.54 Å². The molecule has 1 unspecified atom stereocenters. The SMILES string of the molecule is c1csc(C(NCc2csnn2)C2CCCC2)c1. The molecule has 1 aliphatic carbocycles. The summed E-state index contributed by atoms with van der Waals surface area (Å²) in [6, 6.07) is 4.89. The largest absolute Gasteiger partial charge is 0.303 e. The molecule has 1 fully saturated rings. The fourth-order valence-corrected chi connectivity index (χ4v) is 4.08. The Morgan fingerprint density at radius 3 is 2.94 bits per heavy atom. The topological polar surface area (TPSA) is 37.8 Å². The van der Waals surface area contributed by atoms with Crippen LogP contribution < -0.4 is 5.32 Å². The number of nitrogens with one attached hydrogen (secondary N) is 1. The fraction of sp³-hybridized carbons (Fsp3) is 0.538. The molecule has 96 valence electrons. The zero-order valence-corrected chi connectivity index (χ0v) is 11.8. The van der Waals surface area contributed by atoms with Gasteiger partial charge in [-0.3, -0.25) is 0 Å². The van der Waals surface area contributed by atoms with Crippen molar-refractivity contribution in [2.45, 2.75) is 38.3 Å². The Morgan fingerprint density at radius 2 is 2.28 bits per heavy atom. The van der Waals surface area contributed by atoms with Crippen LogP contribution in [-0.4, -0.2) is 9.59 Å². The molecule has 0 bridgehead atoms. The van der Waals surface area contributed by atoms with Crippen molar-refractivity contribution < 1.29 is 0 Å². The summed E-state index contributed by atoms with van der Waals surface area (Å²) in [6.45, 7) is 0.829. The predicted molar refractivity (Wildman–Crippen MR) is 75.8 cm³/mol. The fourth-order valence-electron chi connectivity index (χ4n) is 2.73. The van der Waals surface area contributed by atoms with Crippen molar-refractivity contribution in [2.24, 2.45) is 5.92 Å². The van der Waals surface area contributed by atoms with Gasteiger partial charge in [0.1, 0.15) is 0 Å². The zero-order chi connectivity index (χ0) is 12.2. The van der Waals surface area contributed by atoms with E-state index in [1.54, 1.807) is 0 Å². The van der Waals surface area contributed by atoms with Crippen molar-refractivity contribution in [1.82, 2.24) is 14.9 Å². The number of hydrogen-bond donors (Lipinski definition) is 1. The molecule has 0 aromatic carbocycles. The van der Waals surface area contributed by atoms with Crippen LogP contribution in [0.3, 0.4) is 0 Å². The van der Waals surface area contributed by atoms with Crippen molar-refractivity contribution in [3.63, 3.8) is 0 Å². The van der Waals surface area contributed by atoms with Crippen LogP contribution in [0, 0.1) is 5.92 Å². The molecule has 1 N–H and O–H groups in total. The summed E-state index contributed by atoms with van der Waals surface area (Å²) in [5.41, 5.74) is 1.06.